The van der Waals surface area contributed by atoms with E-state index in [1.807, 2.05) is 0 Å². The van der Waals surface area contributed by atoms with E-state index in [9.17, 15) is 9.59 Å². The molecule has 0 fully saturated rings. The van der Waals surface area contributed by atoms with E-state index in [0.29, 0.717) is 23.4 Å². The number of halogens is 1. The van der Waals surface area contributed by atoms with Gasteiger partial charge in [-0.3, -0.25) is 10.1 Å². The first-order valence-electron chi connectivity index (χ1n) is 16.4. The van der Waals surface area contributed by atoms with Gasteiger partial charge in [0.05, 0.1) is 0 Å². The molecule has 1 heterocycles. The first kappa shape index (κ1) is 38.0. The Bertz CT molecular complexity index is 983. The fraction of sp³-hybridized carbons (Fsp3) is 0.706. The zero-order valence-corrected chi connectivity index (χ0v) is 28.8. The van der Waals surface area contributed by atoms with Gasteiger partial charge in [-0.15, -0.1) is 10.2 Å². The summed E-state index contributed by atoms with van der Waals surface area (Å²) in [7, 11) is 0. The number of nitrogens with zero attached hydrogens (tertiary/aromatic N) is 2. The molecule has 1 aromatic carbocycles. The molecule has 6 nitrogen and oxygen atoms in total. The minimum atomic E-state index is -0.261. The Kier molecular flexibility index (Phi) is 21.2. The van der Waals surface area contributed by atoms with E-state index in [0.717, 1.165) is 47.5 Å². The molecule has 0 atom stereocenters. The molecule has 0 radical (unpaired) electrons. The lowest BCUT2D eigenvalue weighted by Gasteiger charge is -2.20. The summed E-state index contributed by atoms with van der Waals surface area (Å²) in [4.78, 5) is 23.0. The smallest absolute Gasteiger partial charge is 0.307 e. The van der Waals surface area contributed by atoms with Gasteiger partial charge in [-0.25, -0.2) is 4.79 Å². The zero-order valence-electron chi connectivity index (χ0n) is 27.2. The van der Waals surface area contributed by atoms with Gasteiger partial charge in [-0.05, 0) is 47.4 Å². The van der Waals surface area contributed by atoms with E-state index >= 15 is 0 Å². The van der Waals surface area contributed by atoms with E-state index in [4.69, 9.17) is 11.6 Å². The number of nitrogens with one attached hydrogen (secondary N) is 2. The van der Waals surface area contributed by atoms with Gasteiger partial charge in [-0.2, -0.15) is 0 Å². The van der Waals surface area contributed by atoms with Crippen molar-refractivity contribution in [3.05, 3.63) is 34.3 Å². The van der Waals surface area contributed by atoms with Crippen molar-refractivity contribution in [2.24, 2.45) is 0 Å². The topological polar surface area (TPSA) is 84.0 Å². The highest BCUT2D eigenvalue weighted by molar-refractivity contribution is 7.15. The van der Waals surface area contributed by atoms with E-state index in [2.05, 4.69) is 80.6 Å². The van der Waals surface area contributed by atoms with Crippen molar-refractivity contribution in [3.8, 4) is 0 Å². The number of rotatable bonds is 20. The number of unbranched alkanes of at least 4 members (excludes halogenated alkanes) is 12. The van der Waals surface area contributed by atoms with Gasteiger partial charge in [0, 0.05) is 18.5 Å². The Morgan fingerprint density at radius 1 is 0.738 bits per heavy atom. The number of benzene rings is 1. The summed E-state index contributed by atoms with van der Waals surface area (Å²) in [6.45, 7) is 13.0. The molecule has 2 N–H and O–H groups in total. The van der Waals surface area contributed by atoms with Crippen LogP contribution in [0, 0.1) is 0 Å². The highest BCUT2D eigenvalue weighted by atomic mass is 35.5. The largest absolute Gasteiger partial charge is 0.325 e. The molecule has 2 amide bonds. The van der Waals surface area contributed by atoms with Gasteiger partial charge in [0.15, 0.2) is 0 Å². The van der Waals surface area contributed by atoms with Crippen LogP contribution in [-0.4, -0.2) is 21.5 Å². The molecule has 0 aliphatic rings. The van der Waals surface area contributed by atoms with Crippen molar-refractivity contribution in [2.75, 3.05) is 10.6 Å². The molecule has 8 heteroatoms. The maximum Gasteiger partial charge on any atom is 0.325 e. The number of urea groups is 1. The second-order valence-electron chi connectivity index (χ2n) is 11.8. The summed E-state index contributed by atoms with van der Waals surface area (Å²) in [5.41, 5.74) is 3.20. The summed E-state index contributed by atoms with van der Waals surface area (Å²) < 4.78 is 0. The Balaban J connectivity index is 0.000000619. The molecule has 0 bridgehead atoms. The number of anilines is 2. The number of aromatic nitrogens is 2. The van der Waals surface area contributed by atoms with Crippen LogP contribution >= 0.6 is 22.9 Å². The SMILES string of the molecule is CCCCCCCCCC(=O)Cl.CCCCCCCCCc1nnc(NC(=O)Nc2c(C(C)C)cccc2C(C)C)s1. The predicted molar refractivity (Wildman–Crippen MR) is 182 cm³/mol. The fourth-order valence-corrected chi connectivity index (χ4v) is 5.71. The molecule has 2 rings (SSSR count). The van der Waals surface area contributed by atoms with Crippen molar-refractivity contribution in [1.29, 1.82) is 0 Å². The fourth-order valence-electron chi connectivity index (χ4n) is 4.80. The molecule has 0 saturated heterocycles. The minimum absolute atomic E-state index is 0.191. The first-order valence-corrected chi connectivity index (χ1v) is 17.6. The second kappa shape index (κ2) is 23.5. The van der Waals surface area contributed by atoms with Crippen LogP contribution in [0.4, 0.5) is 15.6 Å². The van der Waals surface area contributed by atoms with Gasteiger partial charge < -0.3 is 5.32 Å². The average molecular weight is 621 g/mol. The number of hydrogen-bond donors (Lipinski definition) is 2. The van der Waals surface area contributed by atoms with Gasteiger partial charge >= 0.3 is 6.03 Å². The summed E-state index contributed by atoms with van der Waals surface area (Å²) in [6, 6.07) is 5.97. The molecule has 238 valence electrons. The Hall–Kier alpha value is -1.99. The molecule has 0 aliphatic carbocycles. The summed E-state index contributed by atoms with van der Waals surface area (Å²) in [5, 5.41) is 15.7. The number of aryl methyl sites for hydroxylation is 1. The van der Waals surface area contributed by atoms with E-state index in [1.54, 1.807) is 0 Å². The van der Waals surface area contributed by atoms with Crippen molar-refractivity contribution in [2.45, 2.75) is 156 Å². The summed E-state index contributed by atoms with van der Waals surface area (Å²) in [6.07, 6.45) is 19.1. The normalized spacial score (nSPS) is 11.0. The third-order valence-corrected chi connectivity index (χ3v) is 8.36. The van der Waals surface area contributed by atoms with Crippen LogP contribution < -0.4 is 10.6 Å². The Labute approximate surface area is 265 Å². The van der Waals surface area contributed by atoms with Crippen molar-refractivity contribution in [3.63, 3.8) is 0 Å². The van der Waals surface area contributed by atoms with Crippen molar-refractivity contribution >= 4 is 45.0 Å². The quantitative estimate of drug-likeness (QED) is 0.114. The average Bonchev–Trinajstić information content (AvgIpc) is 3.38. The number of hydrogen-bond acceptors (Lipinski definition) is 5. The zero-order chi connectivity index (χ0) is 31.2. The maximum atomic E-state index is 12.6. The minimum Gasteiger partial charge on any atom is -0.307 e. The highest BCUT2D eigenvalue weighted by Crippen LogP contribution is 2.32. The van der Waals surface area contributed by atoms with Crippen LogP contribution in [0.3, 0.4) is 0 Å². The van der Waals surface area contributed by atoms with E-state index in [1.165, 1.54) is 82.0 Å². The van der Waals surface area contributed by atoms with Crippen molar-refractivity contribution in [1.82, 2.24) is 10.2 Å². The number of amides is 2. The van der Waals surface area contributed by atoms with Crippen molar-refractivity contribution < 1.29 is 9.59 Å². The maximum absolute atomic E-state index is 12.6. The first-order chi connectivity index (χ1) is 20.2. The number of carbonyl (C=O) groups excluding carboxylic acids is 2. The molecule has 0 saturated carbocycles. The number of para-hydroxylation sites is 1. The number of carbonyl (C=O) groups is 2. The third-order valence-electron chi connectivity index (χ3n) is 7.27. The molecular formula is C34H57ClN4O2S. The van der Waals surface area contributed by atoms with Crippen LogP contribution in [0.2, 0.25) is 0 Å². The van der Waals surface area contributed by atoms with Crippen LogP contribution in [0.25, 0.3) is 0 Å². The van der Waals surface area contributed by atoms with E-state index < -0.39 is 0 Å². The third kappa shape index (κ3) is 17.2. The lowest BCUT2D eigenvalue weighted by molar-refractivity contribution is -0.111. The predicted octanol–water partition coefficient (Wildman–Crippen LogP) is 11.6. The molecule has 2 aromatic rings. The summed E-state index contributed by atoms with van der Waals surface area (Å²) in [5.74, 6) is 0.656. The molecule has 1 aromatic heterocycles. The van der Waals surface area contributed by atoms with Gasteiger partial charge in [-0.1, -0.05) is 148 Å². The summed E-state index contributed by atoms with van der Waals surface area (Å²) >= 11 is 6.67. The lowest BCUT2D eigenvalue weighted by Crippen LogP contribution is -2.21. The van der Waals surface area contributed by atoms with Crippen LogP contribution in [0.15, 0.2) is 18.2 Å². The van der Waals surface area contributed by atoms with Gasteiger partial charge in [0.2, 0.25) is 10.4 Å². The van der Waals surface area contributed by atoms with Gasteiger partial charge in [0.25, 0.3) is 0 Å². The lowest BCUT2D eigenvalue weighted by atomic mass is 9.93. The highest BCUT2D eigenvalue weighted by Gasteiger charge is 2.17. The molecule has 42 heavy (non-hydrogen) atoms. The Morgan fingerprint density at radius 3 is 1.74 bits per heavy atom. The van der Waals surface area contributed by atoms with Crippen LogP contribution in [0.1, 0.15) is 166 Å². The molecule has 0 spiro atoms. The molecular weight excluding hydrogens is 564 g/mol. The Morgan fingerprint density at radius 2 is 1.24 bits per heavy atom. The molecule has 0 aliphatic heterocycles. The van der Waals surface area contributed by atoms with E-state index in [-0.39, 0.29) is 11.3 Å². The van der Waals surface area contributed by atoms with Crippen LogP contribution in [0.5, 0.6) is 0 Å². The second-order valence-corrected chi connectivity index (χ2v) is 13.3. The standard InChI is InChI=1S/C24H38N4OS.C10H19ClO/c1-6-7-8-9-10-11-12-16-21-27-28-24(30-21)26-23(29)25-22-19(17(2)3)14-13-15-20(22)18(4)5;1-2-3-4-5-6-7-8-9-10(11)12/h13-15,17-18H,6-12,16H2,1-5H3,(H2,25,26,28,29);2-9H2,1H3. The van der Waals surface area contributed by atoms with Gasteiger partial charge in [0.1, 0.15) is 5.01 Å². The molecule has 0 unspecified atom stereocenters. The monoisotopic (exact) mass is 620 g/mol. The van der Waals surface area contributed by atoms with Crippen LogP contribution in [-0.2, 0) is 11.2 Å².